The van der Waals surface area contributed by atoms with Crippen molar-refractivity contribution in [1.29, 1.82) is 0 Å². The van der Waals surface area contributed by atoms with E-state index in [1.807, 2.05) is 0 Å². The molecule has 4 heteroatoms. The molecule has 28 heavy (non-hydrogen) atoms. The van der Waals surface area contributed by atoms with Gasteiger partial charge in [-0.15, -0.1) is 0 Å². The summed E-state index contributed by atoms with van der Waals surface area (Å²) in [5.74, 6) is 0. The Morgan fingerprint density at radius 1 is 0.714 bits per heavy atom. The number of thioether (sulfide) groups is 2. The van der Waals surface area contributed by atoms with Crippen LogP contribution in [0.1, 0.15) is 91.9 Å². The largest absolute Gasteiger partial charge is 0.396 e. The minimum absolute atomic E-state index is 0.0899. The molecule has 2 fully saturated rings. The van der Waals surface area contributed by atoms with Gasteiger partial charge in [0.25, 0.3) is 0 Å². The summed E-state index contributed by atoms with van der Waals surface area (Å²) >= 11 is 4.38. The van der Waals surface area contributed by atoms with E-state index in [-0.39, 0.29) is 10.8 Å². The standard InChI is InChI=1S/C24H44O2S2/c1-23(2,17-25)15-5-7-19-9-11-21(27-19)13-14-22-12-10-20(28-22)8-6-16-24(3,4)18-26/h13-14,19-22,25-26H,5-12,15-18H2,1-4H3/b14-13+. The first-order valence-electron chi connectivity index (χ1n) is 11.4. The summed E-state index contributed by atoms with van der Waals surface area (Å²) < 4.78 is 0. The highest BCUT2D eigenvalue weighted by Crippen LogP contribution is 2.41. The van der Waals surface area contributed by atoms with Crippen LogP contribution < -0.4 is 0 Å². The van der Waals surface area contributed by atoms with E-state index in [1.54, 1.807) is 0 Å². The second-order valence-electron chi connectivity index (χ2n) is 10.6. The van der Waals surface area contributed by atoms with Gasteiger partial charge >= 0.3 is 0 Å². The van der Waals surface area contributed by atoms with Gasteiger partial charge in [-0.2, -0.15) is 23.5 Å². The topological polar surface area (TPSA) is 40.5 Å². The summed E-state index contributed by atoms with van der Waals surface area (Å²) in [5, 5.41) is 21.9. The van der Waals surface area contributed by atoms with Crippen LogP contribution in [0.25, 0.3) is 0 Å². The number of aliphatic hydroxyl groups excluding tert-OH is 2. The average molecular weight is 429 g/mol. The molecular weight excluding hydrogens is 384 g/mol. The van der Waals surface area contributed by atoms with Crippen molar-refractivity contribution in [2.75, 3.05) is 13.2 Å². The van der Waals surface area contributed by atoms with E-state index >= 15 is 0 Å². The molecule has 2 heterocycles. The summed E-state index contributed by atoms with van der Waals surface area (Å²) in [7, 11) is 0. The van der Waals surface area contributed by atoms with Gasteiger partial charge in [-0.05, 0) is 62.2 Å². The van der Waals surface area contributed by atoms with Gasteiger partial charge in [0.05, 0.1) is 0 Å². The van der Waals surface area contributed by atoms with E-state index in [4.69, 9.17) is 0 Å². The quantitative estimate of drug-likeness (QED) is 0.350. The van der Waals surface area contributed by atoms with E-state index in [0.29, 0.717) is 13.2 Å². The van der Waals surface area contributed by atoms with Gasteiger partial charge in [-0.25, -0.2) is 0 Å². The van der Waals surface area contributed by atoms with Crippen LogP contribution in [0.15, 0.2) is 12.2 Å². The molecule has 2 aliphatic rings. The molecule has 0 aromatic rings. The van der Waals surface area contributed by atoms with Gasteiger partial charge in [-0.3, -0.25) is 0 Å². The van der Waals surface area contributed by atoms with Crippen LogP contribution in [0.2, 0.25) is 0 Å². The first-order valence-corrected chi connectivity index (χ1v) is 13.3. The number of hydrogen-bond donors (Lipinski definition) is 2. The molecule has 0 radical (unpaired) electrons. The van der Waals surface area contributed by atoms with Crippen LogP contribution in [0.3, 0.4) is 0 Å². The fraction of sp³-hybridized carbons (Fsp3) is 0.917. The molecule has 164 valence electrons. The Morgan fingerprint density at radius 3 is 1.46 bits per heavy atom. The molecule has 2 nitrogen and oxygen atoms in total. The van der Waals surface area contributed by atoms with Gasteiger partial charge in [0, 0.05) is 34.2 Å². The molecule has 0 saturated carbocycles. The van der Waals surface area contributed by atoms with Crippen molar-refractivity contribution in [1.82, 2.24) is 0 Å². The van der Waals surface area contributed by atoms with Crippen molar-refractivity contribution < 1.29 is 10.2 Å². The highest BCUT2D eigenvalue weighted by atomic mass is 32.2. The van der Waals surface area contributed by atoms with E-state index in [9.17, 15) is 10.2 Å². The third-order valence-corrected chi connectivity index (χ3v) is 9.63. The van der Waals surface area contributed by atoms with Gasteiger partial charge in [-0.1, -0.05) is 52.7 Å². The Balaban J connectivity index is 1.60. The minimum Gasteiger partial charge on any atom is -0.396 e. The third kappa shape index (κ3) is 9.02. The number of aliphatic hydroxyl groups is 2. The molecule has 2 aliphatic heterocycles. The minimum atomic E-state index is 0.0899. The third-order valence-electron chi connectivity index (χ3n) is 6.44. The lowest BCUT2D eigenvalue weighted by Crippen LogP contribution is -2.16. The maximum Gasteiger partial charge on any atom is 0.0482 e. The summed E-state index contributed by atoms with van der Waals surface area (Å²) in [5.41, 5.74) is 0.180. The molecule has 4 atom stereocenters. The molecule has 2 rings (SSSR count). The molecule has 0 aromatic heterocycles. The molecule has 0 aliphatic carbocycles. The van der Waals surface area contributed by atoms with Crippen molar-refractivity contribution in [3.63, 3.8) is 0 Å². The zero-order chi connectivity index (χ0) is 20.6. The van der Waals surface area contributed by atoms with E-state index in [1.165, 1.54) is 51.4 Å². The predicted octanol–water partition coefficient (Wildman–Crippen LogP) is 6.45. The van der Waals surface area contributed by atoms with E-state index in [0.717, 1.165) is 33.8 Å². The molecule has 0 spiro atoms. The second-order valence-corrected chi connectivity index (χ2v) is 13.7. The monoisotopic (exact) mass is 428 g/mol. The maximum absolute atomic E-state index is 9.39. The normalized spacial score (nSPS) is 29.2. The lowest BCUT2D eigenvalue weighted by atomic mass is 9.88. The van der Waals surface area contributed by atoms with Crippen molar-refractivity contribution in [2.45, 2.75) is 113 Å². The Labute approximate surface area is 182 Å². The second kappa shape index (κ2) is 11.7. The zero-order valence-electron chi connectivity index (χ0n) is 18.7. The van der Waals surface area contributed by atoms with Crippen LogP contribution in [0.4, 0.5) is 0 Å². The highest BCUT2D eigenvalue weighted by Gasteiger charge is 2.27. The van der Waals surface area contributed by atoms with Crippen molar-refractivity contribution >= 4 is 23.5 Å². The fourth-order valence-corrected chi connectivity index (χ4v) is 7.24. The molecule has 4 unspecified atom stereocenters. The predicted molar refractivity (Wildman–Crippen MR) is 127 cm³/mol. The zero-order valence-corrected chi connectivity index (χ0v) is 20.3. The fourth-order valence-electron chi connectivity index (χ4n) is 4.20. The molecule has 0 amide bonds. The van der Waals surface area contributed by atoms with Gasteiger partial charge in [0.1, 0.15) is 0 Å². The molecule has 2 saturated heterocycles. The Kier molecular flexibility index (Phi) is 10.3. The van der Waals surface area contributed by atoms with Gasteiger partial charge < -0.3 is 10.2 Å². The van der Waals surface area contributed by atoms with Crippen LogP contribution in [0, 0.1) is 10.8 Å². The van der Waals surface area contributed by atoms with Crippen LogP contribution in [-0.2, 0) is 0 Å². The molecule has 0 bridgehead atoms. The van der Waals surface area contributed by atoms with Gasteiger partial charge in [0.15, 0.2) is 0 Å². The van der Waals surface area contributed by atoms with Crippen LogP contribution in [0.5, 0.6) is 0 Å². The van der Waals surface area contributed by atoms with E-state index in [2.05, 4.69) is 63.4 Å². The summed E-state index contributed by atoms with van der Waals surface area (Å²) in [6, 6.07) is 0. The summed E-state index contributed by atoms with van der Waals surface area (Å²) in [4.78, 5) is 0. The Morgan fingerprint density at radius 2 is 1.11 bits per heavy atom. The van der Waals surface area contributed by atoms with Crippen molar-refractivity contribution in [2.24, 2.45) is 10.8 Å². The maximum atomic E-state index is 9.39. The summed E-state index contributed by atoms with van der Waals surface area (Å²) in [6.07, 6.45) is 17.8. The van der Waals surface area contributed by atoms with Crippen LogP contribution in [-0.4, -0.2) is 44.4 Å². The Hall–Kier alpha value is 0.360. The Bertz CT molecular complexity index is 433. The summed E-state index contributed by atoms with van der Waals surface area (Å²) in [6.45, 7) is 9.27. The van der Waals surface area contributed by atoms with Gasteiger partial charge in [0.2, 0.25) is 0 Å². The average Bonchev–Trinajstić information content (AvgIpc) is 3.29. The smallest absolute Gasteiger partial charge is 0.0482 e. The number of rotatable bonds is 12. The number of hydrogen-bond acceptors (Lipinski definition) is 4. The van der Waals surface area contributed by atoms with Crippen molar-refractivity contribution in [3.8, 4) is 0 Å². The highest BCUT2D eigenvalue weighted by molar-refractivity contribution is 8.01. The first-order chi connectivity index (χ1) is 13.2. The lowest BCUT2D eigenvalue weighted by molar-refractivity contribution is 0.147. The SMILES string of the molecule is CC(C)(CO)CCCC1CCC(/C=C/C2CCC(CCCC(C)(C)CO)S2)S1. The molecule has 0 aromatic carbocycles. The lowest BCUT2D eigenvalue weighted by Gasteiger charge is -2.22. The molecule has 2 N–H and O–H groups in total. The van der Waals surface area contributed by atoms with Crippen molar-refractivity contribution in [3.05, 3.63) is 12.2 Å². The first kappa shape index (κ1) is 24.6. The van der Waals surface area contributed by atoms with Crippen LogP contribution >= 0.6 is 23.5 Å². The molecular formula is C24H44O2S2. The van der Waals surface area contributed by atoms with E-state index < -0.39 is 0 Å².